The average molecular weight is 350 g/mol. The molecule has 0 heterocycles. The summed E-state index contributed by atoms with van der Waals surface area (Å²) in [4.78, 5) is 23.3. The summed E-state index contributed by atoms with van der Waals surface area (Å²) >= 11 is 0. The minimum atomic E-state index is -1.02. The van der Waals surface area contributed by atoms with E-state index in [1.807, 2.05) is 12.1 Å². The molecule has 0 amide bonds. The third-order valence-electron chi connectivity index (χ3n) is 7.13. The molecule has 4 heteroatoms. The Kier molecular flexibility index (Phi) is 3.25. The SMILES string of the molecule is O=C(O)c1ccc(C(=O)O)c2cc(C34CC5CC(CC(C5)C3)C4)ccc12. The van der Waals surface area contributed by atoms with Crippen LogP contribution in [0.3, 0.4) is 0 Å². The first-order valence-corrected chi connectivity index (χ1v) is 9.49. The molecular formula is C22H22O4. The van der Waals surface area contributed by atoms with Crippen LogP contribution in [0.5, 0.6) is 0 Å². The van der Waals surface area contributed by atoms with Gasteiger partial charge in [0.15, 0.2) is 0 Å². The van der Waals surface area contributed by atoms with Gasteiger partial charge in [-0.1, -0.05) is 12.1 Å². The maximum atomic E-state index is 11.7. The van der Waals surface area contributed by atoms with Crippen LogP contribution < -0.4 is 0 Å². The second-order valence-corrected chi connectivity index (χ2v) is 8.73. The molecule has 4 fully saturated rings. The fourth-order valence-electron chi connectivity index (χ4n) is 6.52. The summed E-state index contributed by atoms with van der Waals surface area (Å²) in [6.45, 7) is 0. The van der Waals surface area contributed by atoms with Crippen LogP contribution in [-0.2, 0) is 5.41 Å². The minimum Gasteiger partial charge on any atom is -0.478 e. The highest BCUT2D eigenvalue weighted by atomic mass is 16.4. The lowest BCUT2D eigenvalue weighted by Gasteiger charge is -2.57. The molecule has 0 atom stereocenters. The smallest absolute Gasteiger partial charge is 0.336 e. The highest BCUT2D eigenvalue weighted by Gasteiger charge is 2.51. The Labute approximate surface area is 151 Å². The van der Waals surface area contributed by atoms with E-state index in [4.69, 9.17) is 0 Å². The summed E-state index contributed by atoms with van der Waals surface area (Å²) < 4.78 is 0. The van der Waals surface area contributed by atoms with Gasteiger partial charge in [0.2, 0.25) is 0 Å². The van der Waals surface area contributed by atoms with Crippen molar-refractivity contribution in [2.45, 2.75) is 43.9 Å². The molecule has 4 nitrogen and oxygen atoms in total. The highest BCUT2D eigenvalue weighted by molar-refractivity contribution is 6.11. The fraction of sp³-hybridized carbons (Fsp3) is 0.455. The van der Waals surface area contributed by atoms with Crippen molar-refractivity contribution in [2.24, 2.45) is 17.8 Å². The van der Waals surface area contributed by atoms with Gasteiger partial charge in [-0.05, 0) is 96.2 Å². The van der Waals surface area contributed by atoms with Gasteiger partial charge in [-0.2, -0.15) is 0 Å². The number of benzene rings is 2. The summed E-state index contributed by atoms with van der Waals surface area (Å²) in [5, 5.41) is 20.1. The lowest BCUT2D eigenvalue weighted by molar-refractivity contribution is -0.00513. The first-order chi connectivity index (χ1) is 12.4. The first kappa shape index (κ1) is 15.9. The van der Waals surface area contributed by atoms with Crippen LogP contribution in [0.15, 0.2) is 30.3 Å². The zero-order chi connectivity index (χ0) is 18.1. The van der Waals surface area contributed by atoms with Crippen molar-refractivity contribution >= 4 is 22.7 Å². The van der Waals surface area contributed by atoms with E-state index < -0.39 is 11.9 Å². The van der Waals surface area contributed by atoms with Crippen molar-refractivity contribution in [3.8, 4) is 0 Å². The van der Waals surface area contributed by atoms with Gasteiger partial charge in [-0.3, -0.25) is 0 Å². The van der Waals surface area contributed by atoms with Crippen LogP contribution in [0.1, 0.15) is 64.8 Å². The molecule has 26 heavy (non-hydrogen) atoms. The molecule has 2 N–H and O–H groups in total. The normalized spacial score (nSPS) is 32.1. The summed E-state index contributed by atoms with van der Waals surface area (Å²) in [6.07, 6.45) is 7.67. The lowest BCUT2D eigenvalue weighted by atomic mass is 9.48. The number of carboxylic acid groups (broad SMARTS) is 2. The predicted molar refractivity (Wildman–Crippen MR) is 97.7 cm³/mol. The zero-order valence-electron chi connectivity index (χ0n) is 14.6. The second-order valence-electron chi connectivity index (χ2n) is 8.73. The van der Waals surface area contributed by atoms with Crippen LogP contribution in [0.25, 0.3) is 10.8 Å². The molecule has 6 rings (SSSR count). The van der Waals surface area contributed by atoms with Crippen molar-refractivity contribution in [1.29, 1.82) is 0 Å². The Morgan fingerprint density at radius 1 is 0.769 bits per heavy atom. The Hall–Kier alpha value is -2.36. The van der Waals surface area contributed by atoms with Crippen LogP contribution in [0.2, 0.25) is 0 Å². The van der Waals surface area contributed by atoms with E-state index in [2.05, 4.69) is 6.07 Å². The van der Waals surface area contributed by atoms with E-state index in [0.717, 1.165) is 17.8 Å². The van der Waals surface area contributed by atoms with E-state index >= 15 is 0 Å². The molecule has 4 aliphatic rings. The highest BCUT2D eigenvalue weighted by Crippen LogP contribution is 2.60. The Morgan fingerprint density at radius 3 is 1.77 bits per heavy atom. The largest absolute Gasteiger partial charge is 0.478 e. The van der Waals surface area contributed by atoms with Crippen molar-refractivity contribution in [2.75, 3.05) is 0 Å². The molecule has 4 aliphatic carbocycles. The Morgan fingerprint density at radius 2 is 1.27 bits per heavy atom. The van der Waals surface area contributed by atoms with Crippen LogP contribution >= 0.6 is 0 Å². The monoisotopic (exact) mass is 350 g/mol. The maximum Gasteiger partial charge on any atom is 0.336 e. The summed E-state index contributed by atoms with van der Waals surface area (Å²) in [5.74, 6) is 0.396. The third-order valence-corrected chi connectivity index (χ3v) is 7.13. The molecular weight excluding hydrogens is 328 g/mol. The molecule has 4 saturated carbocycles. The van der Waals surface area contributed by atoms with E-state index in [1.165, 1.54) is 56.2 Å². The molecule has 0 unspecified atom stereocenters. The molecule has 2 aromatic carbocycles. The number of hydrogen-bond donors (Lipinski definition) is 2. The van der Waals surface area contributed by atoms with Crippen molar-refractivity contribution < 1.29 is 19.8 Å². The number of rotatable bonds is 3. The molecule has 0 radical (unpaired) electrons. The number of fused-ring (bicyclic) bond motifs is 1. The molecule has 0 aromatic heterocycles. The van der Waals surface area contributed by atoms with E-state index in [-0.39, 0.29) is 16.5 Å². The molecule has 134 valence electrons. The quantitative estimate of drug-likeness (QED) is 0.841. The van der Waals surface area contributed by atoms with Crippen molar-refractivity contribution in [1.82, 2.24) is 0 Å². The first-order valence-electron chi connectivity index (χ1n) is 9.49. The Bertz CT molecular complexity index is 907. The number of hydrogen-bond acceptors (Lipinski definition) is 2. The molecule has 2 aromatic rings. The summed E-state index contributed by atoms with van der Waals surface area (Å²) in [5.41, 5.74) is 1.74. The number of carboxylic acids is 2. The topological polar surface area (TPSA) is 74.6 Å². The maximum absolute atomic E-state index is 11.7. The van der Waals surface area contributed by atoms with Gasteiger partial charge in [-0.25, -0.2) is 9.59 Å². The lowest BCUT2D eigenvalue weighted by Crippen LogP contribution is -2.48. The summed E-state index contributed by atoms with van der Waals surface area (Å²) in [6, 6.07) is 8.71. The third kappa shape index (κ3) is 2.21. The van der Waals surface area contributed by atoms with Gasteiger partial charge in [0.05, 0.1) is 11.1 Å². The summed E-state index contributed by atoms with van der Waals surface area (Å²) in [7, 11) is 0. The number of aromatic carboxylic acids is 2. The fourth-order valence-corrected chi connectivity index (χ4v) is 6.52. The van der Waals surface area contributed by atoms with Crippen molar-refractivity contribution in [3.05, 3.63) is 47.0 Å². The zero-order valence-corrected chi connectivity index (χ0v) is 14.6. The van der Waals surface area contributed by atoms with Crippen LogP contribution in [0.4, 0.5) is 0 Å². The van der Waals surface area contributed by atoms with Crippen molar-refractivity contribution in [3.63, 3.8) is 0 Å². The van der Waals surface area contributed by atoms with Gasteiger partial charge in [-0.15, -0.1) is 0 Å². The van der Waals surface area contributed by atoms with E-state index in [0.29, 0.717) is 10.8 Å². The molecule has 0 spiro atoms. The van der Waals surface area contributed by atoms with Crippen LogP contribution in [0, 0.1) is 17.8 Å². The molecule has 0 saturated heterocycles. The van der Waals surface area contributed by atoms with E-state index in [1.54, 1.807) is 0 Å². The second kappa shape index (κ2) is 5.32. The molecule has 0 aliphatic heterocycles. The Balaban J connectivity index is 1.69. The predicted octanol–water partition coefficient (Wildman–Crippen LogP) is 4.70. The van der Waals surface area contributed by atoms with Crippen LogP contribution in [-0.4, -0.2) is 22.2 Å². The van der Waals surface area contributed by atoms with Gasteiger partial charge in [0, 0.05) is 0 Å². The standard InChI is InChI=1S/C22H22O4/c23-20(24)17-3-4-18(21(25)26)19-8-15(1-2-16(17)19)22-9-12-5-13(10-22)7-14(6-12)11-22/h1-4,8,12-14H,5-7,9-11H2,(H,23,24)(H,25,26). The average Bonchev–Trinajstić information content (AvgIpc) is 2.58. The van der Waals surface area contributed by atoms with Gasteiger partial charge in [0.25, 0.3) is 0 Å². The van der Waals surface area contributed by atoms with Gasteiger partial charge >= 0.3 is 11.9 Å². The van der Waals surface area contributed by atoms with Gasteiger partial charge < -0.3 is 10.2 Å². The van der Waals surface area contributed by atoms with Gasteiger partial charge in [0.1, 0.15) is 0 Å². The number of carbonyl (C=O) groups is 2. The minimum absolute atomic E-state index is 0.165. The molecule has 4 bridgehead atoms. The van der Waals surface area contributed by atoms with E-state index in [9.17, 15) is 19.8 Å².